The van der Waals surface area contributed by atoms with E-state index >= 15 is 0 Å². The molecule has 5 rings (SSSR count). The standard InChI is InChI=1S/C25H21N3O3/c1-17-21(14-26-27-25(29)19-11-12-23-24(13-19)31-16-30-23)20-9-5-6-10-22(20)28(17)15-18-7-3-2-4-8-18/h2-14H,15-16H2,1H3,(H,27,29)/b26-14+. The smallest absolute Gasteiger partial charge is 0.271 e. The molecular weight excluding hydrogens is 390 g/mol. The number of nitrogens with zero attached hydrogens (tertiary/aromatic N) is 2. The summed E-state index contributed by atoms with van der Waals surface area (Å²) < 4.78 is 12.9. The molecule has 0 bridgehead atoms. The van der Waals surface area contributed by atoms with E-state index in [1.165, 1.54) is 5.56 Å². The van der Waals surface area contributed by atoms with Crippen LogP contribution in [-0.4, -0.2) is 23.5 Å². The molecule has 0 spiro atoms. The number of rotatable bonds is 5. The van der Waals surface area contributed by atoms with Crippen molar-refractivity contribution in [3.8, 4) is 11.5 Å². The summed E-state index contributed by atoms with van der Waals surface area (Å²) in [5.74, 6) is 0.901. The number of aromatic nitrogens is 1. The minimum atomic E-state index is -0.305. The molecule has 31 heavy (non-hydrogen) atoms. The molecule has 1 amide bonds. The molecule has 0 radical (unpaired) electrons. The van der Waals surface area contributed by atoms with Crippen LogP contribution in [-0.2, 0) is 6.54 Å². The van der Waals surface area contributed by atoms with Crippen LogP contribution < -0.4 is 14.9 Å². The van der Waals surface area contributed by atoms with Crippen LogP contribution in [0.2, 0.25) is 0 Å². The van der Waals surface area contributed by atoms with Crippen LogP contribution in [0.15, 0.2) is 77.9 Å². The highest BCUT2D eigenvalue weighted by molar-refractivity contribution is 6.02. The Labute approximate surface area is 179 Å². The number of carbonyl (C=O) groups excluding carboxylic acids is 1. The van der Waals surface area contributed by atoms with Crippen molar-refractivity contribution < 1.29 is 14.3 Å². The van der Waals surface area contributed by atoms with Crippen molar-refractivity contribution >= 4 is 23.0 Å². The third-order valence-corrected chi connectivity index (χ3v) is 5.46. The second-order valence-corrected chi connectivity index (χ2v) is 7.36. The first-order valence-electron chi connectivity index (χ1n) is 10.1. The lowest BCUT2D eigenvalue weighted by Gasteiger charge is -2.08. The minimum absolute atomic E-state index is 0.172. The fraction of sp³-hybridized carbons (Fsp3) is 0.120. The van der Waals surface area contributed by atoms with Gasteiger partial charge in [0.1, 0.15) is 0 Å². The number of fused-ring (bicyclic) bond motifs is 2. The summed E-state index contributed by atoms with van der Waals surface area (Å²) in [6, 6.07) is 23.6. The summed E-state index contributed by atoms with van der Waals surface area (Å²) in [5.41, 5.74) is 7.51. The topological polar surface area (TPSA) is 64.8 Å². The van der Waals surface area contributed by atoms with Gasteiger partial charge in [-0.25, -0.2) is 5.43 Å². The number of ether oxygens (including phenoxy) is 2. The third kappa shape index (κ3) is 3.64. The molecule has 0 unspecified atom stereocenters. The van der Waals surface area contributed by atoms with Crippen LogP contribution in [0.4, 0.5) is 0 Å². The Kier molecular flexibility index (Phi) is 4.88. The summed E-state index contributed by atoms with van der Waals surface area (Å²) in [6.07, 6.45) is 1.71. The van der Waals surface area contributed by atoms with Crippen molar-refractivity contribution in [3.05, 3.63) is 95.2 Å². The van der Waals surface area contributed by atoms with Crippen molar-refractivity contribution in [2.45, 2.75) is 13.5 Å². The molecule has 154 valence electrons. The van der Waals surface area contributed by atoms with Crippen molar-refractivity contribution in [1.29, 1.82) is 0 Å². The van der Waals surface area contributed by atoms with Crippen LogP contribution in [0.25, 0.3) is 10.9 Å². The Balaban J connectivity index is 1.40. The lowest BCUT2D eigenvalue weighted by molar-refractivity contribution is 0.0954. The van der Waals surface area contributed by atoms with Gasteiger partial charge in [-0.3, -0.25) is 4.79 Å². The monoisotopic (exact) mass is 411 g/mol. The predicted octanol–water partition coefficient (Wildman–Crippen LogP) is 4.49. The van der Waals surface area contributed by atoms with E-state index in [9.17, 15) is 4.79 Å². The second kappa shape index (κ2) is 7.99. The summed E-state index contributed by atoms with van der Waals surface area (Å²) in [7, 11) is 0. The Morgan fingerprint density at radius 3 is 2.68 bits per heavy atom. The van der Waals surface area contributed by atoms with Crippen molar-refractivity contribution in [2.75, 3.05) is 6.79 Å². The first-order chi connectivity index (χ1) is 15.2. The van der Waals surface area contributed by atoms with Crippen molar-refractivity contribution in [3.63, 3.8) is 0 Å². The maximum Gasteiger partial charge on any atom is 0.271 e. The molecule has 1 aromatic heterocycles. The van der Waals surface area contributed by atoms with Crippen LogP contribution in [0.3, 0.4) is 0 Å². The Hall–Kier alpha value is -4.06. The van der Waals surface area contributed by atoms with Gasteiger partial charge in [-0.05, 0) is 36.8 Å². The Morgan fingerprint density at radius 2 is 1.81 bits per heavy atom. The van der Waals surface area contributed by atoms with Gasteiger partial charge in [0.25, 0.3) is 5.91 Å². The molecule has 0 atom stereocenters. The van der Waals surface area contributed by atoms with Crippen LogP contribution in [0.5, 0.6) is 11.5 Å². The van der Waals surface area contributed by atoms with Gasteiger partial charge in [0.15, 0.2) is 11.5 Å². The van der Waals surface area contributed by atoms with Crippen LogP contribution in [0, 0.1) is 6.92 Å². The minimum Gasteiger partial charge on any atom is -0.454 e. The average Bonchev–Trinajstić information content (AvgIpc) is 3.38. The van der Waals surface area contributed by atoms with Gasteiger partial charge in [-0.1, -0.05) is 48.5 Å². The zero-order valence-electron chi connectivity index (χ0n) is 17.0. The number of carbonyl (C=O) groups is 1. The first-order valence-corrected chi connectivity index (χ1v) is 10.1. The van der Waals surface area contributed by atoms with E-state index in [4.69, 9.17) is 9.47 Å². The SMILES string of the molecule is Cc1c(/C=N/NC(=O)c2ccc3c(c2)OCO3)c2ccccc2n1Cc1ccccc1. The van der Waals surface area contributed by atoms with Gasteiger partial charge in [0.2, 0.25) is 6.79 Å². The number of para-hydroxylation sites is 1. The number of hydrazone groups is 1. The van der Waals surface area contributed by atoms with E-state index in [0.29, 0.717) is 17.1 Å². The predicted molar refractivity (Wildman–Crippen MR) is 120 cm³/mol. The quantitative estimate of drug-likeness (QED) is 0.389. The summed E-state index contributed by atoms with van der Waals surface area (Å²) >= 11 is 0. The van der Waals surface area contributed by atoms with E-state index in [-0.39, 0.29) is 12.7 Å². The third-order valence-electron chi connectivity index (χ3n) is 5.46. The molecular formula is C25H21N3O3. The molecule has 6 heteroatoms. The summed E-state index contributed by atoms with van der Waals surface area (Å²) in [6.45, 7) is 3.01. The molecule has 1 N–H and O–H groups in total. The zero-order chi connectivity index (χ0) is 21.2. The van der Waals surface area contributed by atoms with Gasteiger partial charge in [0.05, 0.1) is 6.21 Å². The van der Waals surface area contributed by atoms with Crippen molar-refractivity contribution in [1.82, 2.24) is 9.99 Å². The molecule has 0 saturated heterocycles. The number of benzene rings is 3. The largest absolute Gasteiger partial charge is 0.454 e. The highest BCUT2D eigenvalue weighted by Gasteiger charge is 2.16. The molecule has 0 aliphatic carbocycles. The van der Waals surface area contributed by atoms with E-state index in [1.54, 1.807) is 24.4 Å². The molecule has 2 heterocycles. The van der Waals surface area contributed by atoms with Gasteiger partial charge in [-0.2, -0.15) is 5.10 Å². The van der Waals surface area contributed by atoms with Gasteiger partial charge >= 0.3 is 0 Å². The van der Waals surface area contributed by atoms with Gasteiger partial charge in [0, 0.05) is 34.3 Å². The maximum atomic E-state index is 12.5. The lowest BCUT2D eigenvalue weighted by Crippen LogP contribution is -2.17. The van der Waals surface area contributed by atoms with Crippen LogP contribution >= 0.6 is 0 Å². The number of nitrogens with one attached hydrogen (secondary N) is 1. The average molecular weight is 411 g/mol. The van der Waals surface area contributed by atoms with E-state index < -0.39 is 0 Å². The van der Waals surface area contributed by atoms with Gasteiger partial charge in [-0.15, -0.1) is 0 Å². The molecule has 1 aliphatic rings. The van der Waals surface area contributed by atoms with Crippen molar-refractivity contribution in [2.24, 2.45) is 5.10 Å². The summed E-state index contributed by atoms with van der Waals surface area (Å²) in [5, 5.41) is 5.33. The Bertz CT molecular complexity index is 1290. The van der Waals surface area contributed by atoms with Crippen LogP contribution in [0.1, 0.15) is 27.2 Å². The van der Waals surface area contributed by atoms with E-state index in [2.05, 4.69) is 46.3 Å². The first kappa shape index (κ1) is 18.9. The highest BCUT2D eigenvalue weighted by atomic mass is 16.7. The van der Waals surface area contributed by atoms with E-state index in [1.807, 2.05) is 30.3 Å². The molecule has 0 saturated carbocycles. The molecule has 4 aromatic rings. The second-order valence-electron chi connectivity index (χ2n) is 7.36. The summed E-state index contributed by atoms with van der Waals surface area (Å²) in [4.78, 5) is 12.5. The molecule has 0 fully saturated rings. The molecule has 1 aliphatic heterocycles. The molecule has 6 nitrogen and oxygen atoms in total. The molecule has 3 aromatic carbocycles. The lowest BCUT2D eigenvalue weighted by atomic mass is 10.1. The fourth-order valence-electron chi connectivity index (χ4n) is 3.85. The van der Waals surface area contributed by atoms with E-state index in [0.717, 1.165) is 28.7 Å². The highest BCUT2D eigenvalue weighted by Crippen LogP contribution is 2.32. The Morgan fingerprint density at radius 1 is 1.03 bits per heavy atom. The fourth-order valence-corrected chi connectivity index (χ4v) is 3.85. The number of hydrogen-bond donors (Lipinski definition) is 1. The maximum absolute atomic E-state index is 12.5. The normalized spacial score (nSPS) is 12.5. The zero-order valence-corrected chi connectivity index (χ0v) is 17.0. The number of hydrogen-bond acceptors (Lipinski definition) is 4. The number of amides is 1. The van der Waals surface area contributed by atoms with Gasteiger partial charge < -0.3 is 14.0 Å².